The quantitative estimate of drug-likeness (QED) is 0.821. The van der Waals surface area contributed by atoms with E-state index in [0.717, 1.165) is 10.0 Å². The molecule has 0 aliphatic carbocycles. The third-order valence-electron chi connectivity index (χ3n) is 2.99. The molecule has 0 fully saturated rings. The van der Waals surface area contributed by atoms with E-state index in [0.29, 0.717) is 11.4 Å². The van der Waals surface area contributed by atoms with Crippen LogP contribution in [-0.4, -0.2) is 21.6 Å². The van der Waals surface area contributed by atoms with Gasteiger partial charge in [0.05, 0.1) is 17.7 Å². The zero-order valence-corrected chi connectivity index (χ0v) is 14.9. The number of halogens is 1. The first-order chi connectivity index (χ1) is 10.8. The van der Waals surface area contributed by atoms with Crippen molar-refractivity contribution < 1.29 is 17.9 Å². The van der Waals surface area contributed by atoms with Crippen LogP contribution >= 0.6 is 15.9 Å². The molecule has 23 heavy (non-hydrogen) atoms. The van der Waals surface area contributed by atoms with Gasteiger partial charge in [-0.25, -0.2) is 13.2 Å². The Kier molecular flexibility index (Phi) is 5.27. The number of ether oxygens (including phenoxy) is 1. The van der Waals surface area contributed by atoms with Crippen LogP contribution < -0.4 is 10.0 Å². The predicted molar refractivity (Wildman–Crippen MR) is 92.2 cm³/mol. The highest BCUT2D eigenvalue weighted by atomic mass is 79.9. The number of carbonyl (C=O) groups is 1. The summed E-state index contributed by atoms with van der Waals surface area (Å²) in [7, 11) is -2.47. The molecule has 1 amide bonds. The Labute approximate surface area is 143 Å². The van der Waals surface area contributed by atoms with Crippen molar-refractivity contribution >= 4 is 43.4 Å². The van der Waals surface area contributed by atoms with Crippen LogP contribution in [0.5, 0.6) is 0 Å². The largest absolute Gasteiger partial charge is 0.453 e. The number of rotatable bonds is 4. The lowest BCUT2D eigenvalue weighted by Gasteiger charge is -2.11. The Morgan fingerprint density at radius 1 is 1.13 bits per heavy atom. The summed E-state index contributed by atoms with van der Waals surface area (Å²) >= 11 is 3.33. The molecule has 0 atom stereocenters. The van der Waals surface area contributed by atoms with Gasteiger partial charge >= 0.3 is 6.09 Å². The van der Waals surface area contributed by atoms with Crippen molar-refractivity contribution in [1.82, 2.24) is 0 Å². The van der Waals surface area contributed by atoms with Crippen LogP contribution in [0.25, 0.3) is 0 Å². The minimum absolute atomic E-state index is 0.157. The highest BCUT2D eigenvalue weighted by Crippen LogP contribution is 2.23. The van der Waals surface area contributed by atoms with E-state index in [1.807, 2.05) is 6.92 Å². The number of amides is 1. The zero-order valence-electron chi connectivity index (χ0n) is 12.5. The zero-order chi connectivity index (χ0) is 17.0. The molecule has 0 saturated carbocycles. The molecule has 0 aliphatic rings. The molecular formula is C15H15BrN2O4S. The van der Waals surface area contributed by atoms with Crippen molar-refractivity contribution in [3.8, 4) is 0 Å². The molecule has 0 aliphatic heterocycles. The van der Waals surface area contributed by atoms with Gasteiger partial charge in [-0.2, -0.15) is 0 Å². The molecule has 8 heteroatoms. The van der Waals surface area contributed by atoms with Crippen LogP contribution in [0.3, 0.4) is 0 Å². The first-order valence-corrected chi connectivity index (χ1v) is 8.83. The fraction of sp³-hybridized carbons (Fsp3) is 0.133. The molecule has 2 aromatic rings. The SMILES string of the molecule is COC(=O)Nc1cccc(NS(=O)(=O)c2ccc(Br)c(C)c2)c1. The minimum atomic E-state index is -3.72. The second-order valence-corrected chi connectivity index (χ2v) is 7.25. The normalized spacial score (nSPS) is 10.9. The van der Waals surface area contributed by atoms with Crippen LogP contribution in [0.15, 0.2) is 51.8 Å². The predicted octanol–water partition coefficient (Wildman–Crippen LogP) is 3.74. The van der Waals surface area contributed by atoms with Gasteiger partial charge in [0.25, 0.3) is 10.0 Å². The molecule has 0 aromatic heterocycles. The number of carbonyl (C=O) groups excluding carboxylic acids is 1. The summed E-state index contributed by atoms with van der Waals surface area (Å²) in [4.78, 5) is 11.3. The van der Waals surface area contributed by atoms with Gasteiger partial charge in [0.2, 0.25) is 0 Å². The maximum Gasteiger partial charge on any atom is 0.411 e. The van der Waals surface area contributed by atoms with E-state index in [1.165, 1.54) is 19.2 Å². The highest BCUT2D eigenvalue weighted by Gasteiger charge is 2.15. The standard InChI is InChI=1S/C15H15BrN2O4S/c1-10-8-13(6-7-14(10)16)23(20,21)18-12-5-3-4-11(9-12)17-15(19)22-2/h3-9,18H,1-2H3,(H,17,19). The first-order valence-electron chi connectivity index (χ1n) is 6.56. The van der Waals surface area contributed by atoms with Crippen molar-refractivity contribution in [3.05, 3.63) is 52.5 Å². The summed E-state index contributed by atoms with van der Waals surface area (Å²) in [6, 6.07) is 11.1. The van der Waals surface area contributed by atoms with Crippen LogP contribution in [-0.2, 0) is 14.8 Å². The summed E-state index contributed by atoms with van der Waals surface area (Å²) in [6.45, 7) is 1.81. The lowest BCUT2D eigenvalue weighted by Crippen LogP contribution is -2.14. The van der Waals surface area contributed by atoms with Gasteiger partial charge in [-0.15, -0.1) is 0 Å². The molecule has 0 bridgehead atoms. The fourth-order valence-electron chi connectivity index (χ4n) is 1.83. The molecular weight excluding hydrogens is 384 g/mol. The van der Waals surface area contributed by atoms with Crippen LogP contribution in [0, 0.1) is 6.92 Å². The second-order valence-electron chi connectivity index (χ2n) is 4.71. The lowest BCUT2D eigenvalue weighted by atomic mass is 10.2. The number of anilines is 2. The maximum absolute atomic E-state index is 12.4. The van der Waals surface area contributed by atoms with Crippen molar-refractivity contribution in [2.45, 2.75) is 11.8 Å². The lowest BCUT2D eigenvalue weighted by molar-refractivity contribution is 0.187. The van der Waals surface area contributed by atoms with Gasteiger partial charge in [0.1, 0.15) is 0 Å². The van der Waals surface area contributed by atoms with Gasteiger partial charge in [0, 0.05) is 10.2 Å². The molecule has 0 spiro atoms. The number of benzene rings is 2. The first kappa shape index (κ1) is 17.3. The second kappa shape index (κ2) is 7.01. The molecule has 0 unspecified atom stereocenters. The third kappa shape index (κ3) is 4.46. The van der Waals surface area contributed by atoms with Crippen LogP contribution in [0.1, 0.15) is 5.56 Å². The smallest absolute Gasteiger partial charge is 0.411 e. The van der Waals surface area contributed by atoms with Crippen molar-refractivity contribution in [2.24, 2.45) is 0 Å². The van der Waals surface area contributed by atoms with Gasteiger partial charge in [-0.05, 0) is 48.9 Å². The summed E-state index contributed by atoms with van der Waals surface area (Å²) in [5, 5.41) is 2.47. The molecule has 0 saturated heterocycles. The van der Waals surface area contributed by atoms with Gasteiger partial charge < -0.3 is 4.74 Å². The Morgan fingerprint density at radius 2 is 1.83 bits per heavy atom. The van der Waals surface area contributed by atoms with Gasteiger partial charge in [-0.1, -0.05) is 22.0 Å². The van der Waals surface area contributed by atoms with E-state index in [2.05, 4.69) is 30.7 Å². The van der Waals surface area contributed by atoms with E-state index in [1.54, 1.807) is 30.3 Å². The molecule has 2 N–H and O–H groups in total. The number of sulfonamides is 1. The third-order valence-corrected chi connectivity index (χ3v) is 5.26. The Bertz CT molecular complexity index is 837. The van der Waals surface area contributed by atoms with E-state index in [-0.39, 0.29) is 4.90 Å². The molecule has 0 heterocycles. The Hall–Kier alpha value is -2.06. The fourth-order valence-corrected chi connectivity index (χ4v) is 3.21. The van der Waals surface area contributed by atoms with Crippen LogP contribution in [0.4, 0.5) is 16.2 Å². The topological polar surface area (TPSA) is 84.5 Å². The van der Waals surface area contributed by atoms with Gasteiger partial charge in [0.15, 0.2) is 0 Å². The molecule has 0 radical (unpaired) electrons. The number of aryl methyl sites for hydroxylation is 1. The monoisotopic (exact) mass is 398 g/mol. The Morgan fingerprint density at radius 3 is 2.48 bits per heavy atom. The maximum atomic E-state index is 12.4. The van der Waals surface area contributed by atoms with Crippen molar-refractivity contribution in [2.75, 3.05) is 17.1 Å². The number of hydrogen-bond donors (Lipinski definition) is 2. The summed E-state index contributed by atoms with van der Waals surface area (Å²) in [5.74, 6) is 0. The molecule has 122 valence electrons. The van der Waals surface area contributed by atoms with E-state index >= 15 is 0 Å². The van der Waals surface area contributed by atoms with Gasteiger partial charge in [-0.3, -0.25) is 10.0 Å². The van der Waals surface area contributed by atoms with Crippen LogP contribution in [0.2, 0.25) is 0 Å². The average Bonchev–Trinajstić information content (AvgIpc) is 2.49. The van der Waals surface area contributed by atoms with Crippen molar-refractivity contribution in [1.29, 1.82) is 0 Å². The highest BCUT2D eigenvalue weighted by molar-refractivity contribution is 9.10. The number of nitrogens with one attached hydrogen (secondary N) is 2. The van der Waals surface area contributed by atoms with E-state index in [9.17, 15) is 13.2 Å². The number of hydrogen-bond acceptors (Lipinski definition) is 4. The van der Waals surface area contributed by atoms with E-state index in [4.69, 9.17) is 0 Å². The molecule has 2 rings (SSSR count). The number of methoxy groups -OCH3 is 1. The summed E-state index contributed by atoms with van der Waals surface area (Å²) < 4.78 is 32.6. The van der Waals surface area contributed by atoms with E-state index < -0.39 is 16.1 Å². The van der Waals surface area contributed by atoms with Crippen molar-refractivity contribution in [3.63, 3.8) is 0 Å². The summed E-state index contributed by atoms with van der Waals surface area (Å²) in [6.07, 6.45) is -0.631. The average molecular weight is 399 g/mol. The Balaban J connectivity index is 2.25. The minimum Gasteiger partial charge on any atom is -0.453 e. The summed E-state index contributed by atoms with van der Waals surface area (Å²) in [5.41, 5.74) is 1.57. The molecule has 2 aromatic carbocycles. The molecule has 6 nitrogen and oxygen atoms in total.